The van der Waals surface area contributed by atoms with Gasteiger partial charge in [0.1, 0.15) is 22.6 Å². The third kappa shape index (κ3) is 4.64. The summed E-state index contributed by atoms with van der Waals surface area (Å²) in [7, 11) is -1.43. The Morgan fingerprint density at radius 3 is 2.91 bits per heavy atom. The molecule has 0 radical (unpaired) electrons. The Balaban J connectivity index is 1.42. The average molecular weight is 527 g/mol. The van der Waals surface area contributed by atoms with Crippen LogP contribution in [0.5, 0.6) is 5.75 Å². The van der Waals surface area contributed by atoms with E-state index < -0.39 is 11.0 Å². The van der Waals surface area contributed by atoms with Gasteiger partial charge in [-0.25, -0.2) is 13.5 Å². The number of benzene rings is 1. The summed E-state index contributed by atoms with van der Waals surface area (Å²) in [5.41, 5.74) is 2.73. The number of aromatic nitrogens is 4. The Morgan fingerprint density at radius 1 is 1.21 bits per heavy atom. The molecule has 1 aliphatic heterocycles. The maximum Gasteiger partial charge on any atom is 0.171 e. The van der Waals surface area contributed by atoms with Gasteiger partial charge in [0, 0.05) is 44.0 Å². The van der Waals surface area contributed by atoms with Crippen LogP contribution in [0.3, 0.4) is 0 Å². The number of halogens is 1. The van der Waals surface area contributed by atoms with Crippen LogP contribution >= 0.6 is 15.9 Å². The van der Waals surface area contributed by atoms with E-state index >= 15 is 0 Å². The molecular formula is C23H23BrN6O2S. The van der Waals surface area contributed by atoms with Crippen LogP contribution in [0.25, 0.3) is 5.65 Å². The Kier molecular flexibility index (Phi) is 6.39. The van der Waals surface area contributed by atoms with Gasteiger partial charge >= 0.3 is 0 Å². The van der Waals surface area contributed by atoms with E-state index in [1.165, 1.54) is 0 Å². The third-order valence-electron chi connectivity index (χ3n) is 5.74. The molecule has 0 spiro atoms. The van der Waals surface area contributed by atoms with Gasteiger partial charge in [0.25, 0.3) is 0 Å². The van der Waals surface area contributed by atoms with Crippen LogP contribution in [-0.2, 0) is 17.5 Å². The van der Waals surface area contributed by atoms with Crippen molar-refractivity contribution in [2.75, 3.05) is 18.4 Å². The molecular weight excluding hydrogens is 504 g/mol. The number of pyridine rings is 1. The zero-order valence-corrected chi connectivity index (χ0v) is 20.2. The molecule has 33 heavy (non-hydrogen) atoms. The van der Waals surface area contributed by atoms with Crippen molar-refractivity contribution >= 4 is 38.4 Å². The van der Waals surface area contributed by atoms with Crippen molar-refractivity contribution in [2.24, 2.45) is 0 Å². The maximum absolute atomic E-state index is 13.2. The van der Waals surface area contributed by atoms with Crippen molar-refractivity contribution < 1.29 is 9.32 Å². The van der Waals surface area contributed by atoms with Crippen molar-refractivity contribution in [3.63, 3.8) is 0 Å². The topological polar surface area (TPSA) is 95.7 Å². The SMILES string of the molecule is O=S(c1ccccc1O)N1CCCC(c2cc(NCc3cccnc3)n3ncc(Br)c3n2)C1. The number of fused-ring (bicyclic) bond motifs is 1. The Bertz CT molecular complexity index is 1300. The van der Waals surface area contributed by atoms with E-state index in [0.29, 0.717) is 24.5 Å². The molecule has 0 amide bonds. The molecule has 5 rings (SSSR count). The van der Waals surface area contributed by atoms with Gasteiger partial charge in [-0.05, 0) is 52.5 Å². The summed E-state index contributed by atoms with van der Waals surface area (Å²) in [5.74, 6) is 1.00. The molecule has 0 bridgehead atoms. The maximum atomic E-state index is 13.2. The standard InChI is InChI=1S/C23H23BrN6O2S/c24-18-14-27-30-22(26-13-16-5-3-9-25-12-16)11-19(28-23(18)30)17-6-4-10-29(15-17)33(32)21-8-2-1-7-20(21)31/h1-3,5,7-9,11-12,14,17,26,31H,4,6,10,13,15H2. The average Bonchev–Trinajstić information content (AvgIpc) is 3.24. The number of rotatable bonds is 6. The lowest BCUT2D eigenvalue weighted by atomic mass is 9.96. The first-order valence-electron chi connectivity index (χ1n) is 10.7. The molecule has 1 fully saturated rings. The lowest BCUT2D eigenvalue weighted by Crippen LogP contribution is -2.36. The van der Waals surface area contributed by atoms with Crippen LogP contribution in [0.1, 0.15) is 30.0 Å². The fraction of sp³-hybridized carbons (Fsp3) is 0.261. The summed E-state index contributed by atoms with van der Waals surface area (Å²) in [6.07, 6.45) is 7.17. The molecule has 4 aromatic rings. The molecule has 2 atom stereocenters. The highest BCUT2D eigenvalue weighted by Crippen LogP contribution is 2.32. The number of para-hydroxylation sites is 1. The van der Waals surface area contributed by atoms with Gasteiger partial charge in [-0.15, -0.1) is 0 Å². The molecule has 1 aromatic carbocycles. The largest absolute Gasteiger partial charge is 0.507 e. The quantitative estimate of drug-likeness (QED) is 0.392. The fourth-order valence-corrected chi connectivity index (χ4v) is 5.74. The van der Waals surface area contributed by atoms with Gasteiger partial charge in [-0.3, -0.25) is 4.98 Å². The van der Waals surface area contributed by atoms with Crippen LogP contribution in [-0.4, -0.2) is 46.3 Å². The van der Waals surface area contributed by atoms with Crippen molar-refractivity contribution in [2.45, 2.75) is 30.2 Å². The summed E-state index contributed by atoms with van der Waals surface area (Å²) in [6.45, 7) is 1.91. The minimum absolute atomic E-state index is 0.0579. The van der Waals surface area contributed by atoms with E-state index in [2.05, 4.69) is 31.3 Å². The molecule has 3 aromatic heterocycles. The van der Waals surface area contributed by atoms with E-state index in [-0.39, 0.29) is 11.7 Å². The minimum atomic E-state index is -1.43. The number of hydrogen-bond donors (Lipinski definition) is 2. The second kappa shape index (κ2) is 9.58. The van der Waals surface area contributed by atoms with Crippen LogP contribution in [0.15, 0.2) is 70.4 Å². The predicted octanol–water partition coefficient (Wildman–Crippen LogP) is 4.11. The van der Waals surface area contributed by atoms with Crippen molar-refractivity contribution in [3.05, 3.63) is 76.8 Å². The molecule has 170 valence electrons. The molecule has 10 heteroatoms. The normalized spacial score (nSPS) is 17.8. The fourth-order valence-electron chi connectivity index (χ4n) is 4.06. The number of nitrogens with one attached hydrogen (secondary N) is 1. The molecule has 0 saturated carbocycles. The van der Waals surface area contributed by atoms with Gasteiger partial charge in [0.2, 0.25) is 0 Å². The van der Waals surface area contributed by atoms with Gasteiger partial charge in [0.15, 0.2) is 5.65 Å². The zero-order valence-electron chi connectivity index (χ0n) is 17.8. The minimum Gasteiger partial charge on any atom is -0.507 e. The summed E-state index contributed by atoms with van der Waals surface area (Å²) < 4.78 is 17.7. The predicted molar refractivity (Wildman–Crippen MR) is 130 cm³/mol. The lowest BCUT2D eigenvalue weighted by Gasteiger charge is -2.31. The molecule has 4 heterocycles. The van der Waals surface area contributed by atoms with E-state index in [9.17, 15) is 9.32 Å². The van der Waals surface area contributed by atoms with Crippen molar-refractivity contribution in [3.8, 4) is 5.75 Å². The van der Waals surface area contributed by atoms with Crippen LogP contribution in [0.2, 0.25) is 0 Å². The number of phenols is 1. The Labute approximate surface area is 202 Å². The molecule has 1 saturated heterocycles. The highest BCUT2D eigenvalue weighted by molar-refractivity contribution is 9.10. The Morgan fingerprint density at radius 2 is 2.09 bits per heavy atom. The van der Waals surface area contributed by atoms with E-state index in [4.69, 9.17) is 4.98 Å². The van der Waals surface area contributed by atoms with Gasteiger partial charge in [-0.2, -0.15) is 9.61 Å². The van der Waals surface area contributed by atoms with Gasteiger partial charge in [-0.1, -0.05) is 18.2 Å². The van der Waals surface area contributed by atoms with Crippen LogP contribution < -0.4 is 5.32 Å². The smallest absolute Gasteiger partial charge is 0.171 e. The summed E-state index contributed by atoms with van der Waals surface area (Å²) in [6, 6.07) is 12.8. The second-order valence-electron chi connectivity index (χ2n) is 7.95. The van der Waals surface area contributed by atoms with Crippen molar-refractivity contribution in [1.82, 2.24) is 23.9 Å². The first kappa shape index (κ1) is 22.0. The lowest BCUT2D eigenvalue weighted by molar-refractivity contribution is 0.326. The Hall–Kier alpha value is -2.82. The molecule has 1 aliphatic rings. The van der Waals surface area contributed by atoms with E-state index in [1.807, 2.05) is 28.7 Å². The summed E-state index contributed by atoms with van der Waals surface area (Å²) in [4.78, 5) is 9.50. The number of aromatic hydroxyl groups is 1. The van der Waals surface area contributed by atoms with E-state index in [0.717, 1.165) is 40.0 Å². The highest BCUT2D eigenvalue weighted by Gasteiger charge is 2.28. The van der Waals surface area contributed by atoms with Gasteiger partial charge in [0.05, 0.1) is 21.3 Å². The number of phenolic OH excluding ortho intramolecular Hbond substituents is 1. The van der Waals surface area contributed by atoms with Crippen molar-refractivity contribution in [1.29, 1.82) is 0 Å². The number of nitrogens with zero attached hydrogens (tertiary/aromatic N) is 5. The molecule has 0 aliphatic carbocycles. The monoisotopic (exact) mass is 526 g/mol. The zero-order chi connectivity index (χ0) is 22.8. The third-order valence-corrected chi connectivity index (χ3v) is 7.82. The second-order valence-corrected chi connectivity index (χ2v) is 10.3. The summed E-state index contributed by atoms with van der Waals surface area (Å²) >= 11 is 3.56. The number of hydrogen-bond acceptors (Lipinski definition) is 6. The first-order chi connectivity index (χ1) is 16.1. The van der Waals surface area contributed by atoms with Crippen LogP contribution in [0, 0.1) is 0 Å². The first-order valence-corrected chi connectivity index (χ1v) is 12.6. The number of piperidine rings is 1. The summed E-state index contributed by atoms with van der Waals surface area (Å²) in [5, 5.41) is 18.1. The molecule has 8 nitrogen and oxygen atoms in total. The number of anilines is 1. The highest BCUT2D eigenvalue weighted by atomic mass is 79.9. The molecule has 2 unspecified atom stereocenters. The molecule has 2 N–H and O–H groups in total. The van der Waals surface area contributed by atoms with Crippen LogP contribution in [0.4, 0.5) is 5.82 Å². The van der Waals surface area contributed by atoms with E-state index in [1.54, 1.807) is 41.2 Å². The van der Waals surface area contributed by atoms with Gasteiger partial charge < -0.3 is 10.4 Å².